The molecule has 0 saturated heterocycles. The lowest BCUT2D eigenvalue weighted by atomic mass is 9.81. The number of nitrogens with one attached hydrogen (secondary N) is 1. The molecule has 14 heteroatoms. The highest BCUT2D eigenvalue weighted by atomic mass is 32.2. The average Bonchev–Trinajstić information content (AvgIpc) is 3.35. The van der Waals surface area contributed by atoms with Gasteiger partial charge in [0.15, 0.2) is 6.29 Å². The lowest BCUT2D eigenvalue weighted by molar-refractivity contribution is -0.106. The van der Waals surface area contributed by atoms with E-state index in [2.05, 4.69) is 50.4 Å². The summed E-state index contributed by atoms with van der Waals surface area (Å²) in [7, 11) is 5.69. The number of carboxylic acid groups (broad SMARTS) is 1. The summed E-state index contributed by atoms with van der Waals surface area (Å²) in [5.74, 6) is -0.361. The van der Waals surface area contributed by atoms with E-state index < -0.39 is 28.5 Å². The summed E-state index contributed by atoms with van der Waals surface area (Å²) in [5.41, 5.74) is 5.80. The van der Waals surface area contributed by atoms with Gasteiger partial charge in [-0.1, -0.05) is 43.5 Å². The lowest BCUT2D eigenvalue weighted by Gasteiger charge is -2.33. The minimum atomic E-state index is -4.18. The molecule has 1 saturated carbocycles. The predicted octanol–water partition coefficient (Wildman–Crippen LogP) is 4.24. The van der Waals surface area contributed by atoms with Crippen LogP contribution in [0.1, 0.15) is 53.9 Å². The molecule has 1 aliphatic heterocycles. The molecule has 2 N–H and O–H groups in total. The highest BCUT2D eigenvalue weighted by molar-refractivity contribution is 7.87. The van der Waals surface area contributed by atoms with Crippen LogP contribution in [-0.2, 0) is 26.2 Å². The van der Waals surface area contributed by atoms with E-state index in [1.54, 1.807) is 13.1 Å². The van der Waals surface area contributed by atoms with Crippen molar-refractivity contribution in [3.8, 4) is 11.3 Å². The van der Waals surface area contributed by atoms with Crippen molar-refractivity contribution < 1.29 is 32.6 Å². The first-order chi connectivity index (χ1) is 23.4. The van der Waals surface area contributed by atoms with E-state index in [1.165, 1.54) is 38.2 Å². The normalized spacial score (nSPS) is 17.0. The number of nitrogens with zero attached hydrogens (tertiary/aromatic N) is 5. The molecule has 1 aromatic heterocycles. The summed E-state index contributed by atoms with van der Waals surface area (Å²) in [4.78, 5) is 30.7. The van der Waals surface area contributed by atoms with Crippen LogP contribution in [0.25, 0.3) is 22.2 Å². The van der Waals surface area contributed by atoms with Crippen molar-refractivity contribution in [3.05, 3.63) is 53.6 Å². The third-order valence-electron chi connectivity index (χ3n) is 10.1. The Bertz CT molecular complexity index is 1750. The van der Waals surface area contributed by atoms with Gasteiger partial charge in [-0.3, -0.25) is 4.79 Å². The first-order valence-electron chi connectivity index (χ1n) is 16.8. The summed E-state index contributed by atoms with van der Waals surface area (Å²) >= 11 is 0. The topological polar surface area (TPSA) is 137 Å². The fourth-order valence-corrected chi connectivity index (χ4v) is 7.99. The minimum absolute atomic E-state index is 0.0124. The summed E-state index contributed by atoms with van der Waals surface area (Å²) in [6, 6.07) is 14.0. The SMILES string of the molecule is COC(CN(C)S(=O)(=O)NC(=O)c1ccc2c(C3CCCCC3)c3n(c2c1)CC(CN(C)CCN(C)C(=O)O)N(C)c1ccccc1-3)OC. The molecule has 268 valence electrons. The Morgan fingerprint density at radius 3 is 2.39 bits per heavy atom. The maximum atomic E-state index is 13.6. The molecule has 1 unspecified atom stereocenters. The van der Waals surface area contributed by atoms with Crippen molar-refractivity contribution in [2.45, 2.75) is 56.9 Å². The molecule has 13 nitrogen and oxygen atoms in total. The van der Waals surface area contributed by atoms with E-state index >= 15 is 0 Å². The summed E-state index contributed by atoms with van der Waals surface area (Å²) in [6.45, 7) is 2.15. The van der Waals surface area contributed by atoms with Gasteiger partial charge in [0.05, 0.1) is 18.3 Å². The number of rotatable bonds is 13. The number of para-hydroxylation sites is 1. The van der Waals surface area contributed by atoms with Gasteiger partial charge in [-0.25, -0.2) is 9.52 Å². The molecule has 49 heavy (non-hydrogen) atoms. The van der Waals surface area contributed by atoms with Crippen LogP contribution in [0.5, 0.6) is 0 Å². The van der Waals surface area contributed by atoms with Gasteiger partial charge in [0, 0.05) is 89.3 Å². The summed E-state index contributed by atoms with van der Waals surface area (Å²) in [5, 5.41) is 10.4. The third-order valence-corrected chi connectivity index (χ3v) is 11.5. The van der Waals surface area contributed by atoms with E-state index in [0.29, 0.717) is 32.1 Å². The van der Waals surface area contributed by atoms with Crippen molar-refractivity contribution in [3.63, 3.8) is 0 Å². The number of anilines is 1. The fraction of sp³-hybridized carbons (Fsp3) is 0.543. The summed E-state index contributed by atoms with van der Waals surface area (Å²) in [6.07, 6.45) is 3.98. The Balaban J connectivity index is 1.57. The van der Waals surface area contributed by atoms with Gasteiger partial charge >= 0.3 is 16.3 Å². The number of hydrogen-bond donors (Lipinski definition) is 2. The number of aromatic nitrogens is 1. The summed E-state index contributed by atoms with van der Waals surface area (Å²) < 4.78 is 42.1. The van der Waals surface area contributed by atoms with Crippen LogP contribution in [0.3, 0.4) is 0 Å². The number of methoxy groups -OCH3 is 2. The minimum Gasteiger partial charge on any atom is -0.465 e. The first kappa shape index (κ1) is 36.6. The molecule has 2 aliphatic rings. The highest BCUT2D eigenvalue weighted by Crippen LogP contribution is 2.47. The largest absolute Gasteiger partial charge is 0.465 e. The molecule has 5 rings (SSSR count). The molecule has 2 heterocycles. The smallest absolute Gasteiger partial charge is 0.407 e. The zero-order chi connectivity index (χ0) is 35.5. The van der Waals surface area contributed by atoms with E-state index in [0.717, 1.165) is 57.8 Å². The van der Waals surface area contributed by atoms with Crippen molar-refractivity contribution >= 4 is 38.8 Å². The average molecular weight is 699 g/mol. The maximum absolute atomic E-state index is 13.6. The van der Waals surface area contributed by atoms with Crippen LogP contribution in [0.4, 0.5) is 10.5 Å². The first-order valence-corrected chi connectivity index (χ1v) is 18.2. The molecule has 0 radical (unpaired) electrons. The molecular weight excluding hydrogens is 648 g/mol. The van der Waals surface area contributed by atoms with Crippen LogP contribution in [0.2, 0.25) is 0 Å². The molecule has 1 aliphatic carbocycles. The van der Waals surface area contributed by atoms with Gasteiger partial charge in [0.25, 0.3) is 5.91 Å². The molecule has 0 bridgehead atoms. The zero-order valence-electron chi connectivity index (χ0n) is 29.4. The Morgan fingerprint density at radius 1 is 1.02 bits per heavy atom. The number of carbonyl (C=O) groups is 2. The Kier molecular flexibility index (Phi) is 11.5. The maximum Gasteiger partial charge on any atom is 0.407 e. The third kappa shape index (κ3) is 7.88. The van der Waals surface area contributed by atoms with Crippen molar-refractivity contribution in [2.24, 2.45) is 0 Å². The molecule has 2 amide bonds. The van der Waals surface area contributed by atoms with Crippen LogP contribution < -0.4 is 9.62 Å². The Hall–Kier alpha value is -3.69. The van der Waals surface area contributed by atoms with Crippen LogP contribution in [-0.4, -0.2) is 125 Å². The van der Waals surface area contributed by atoms with Gasteiger partial charge < -0.3 is 33.8 Å². The molecule has 2 aromatic carbocycles. The Morgan fingerprint density at radius 2 is 1.71 bits per heavy atom. The quantitative estimate of drug-likeness (QED) is 0.251. The number of hydrogen-bond acceptors (Lipinski definition) is 8. The fourth-order valence-electron chi connectivity index (χ4n) is 7.17. The van der Waals surface area contributed by atoms with Crippen LogP contribution >= 0.6 is 0 Å². The van der Waals surface area contributed by atoms with E-state index in [4.69, 9.17) is 9.47 Å². The molecular formula is C35H50N6O7S. The number of likely N-dealkylation sites (N-methyl/N-ethyl adjacent to an activating group) is 4. The van der Waals surface area contributed by atoms with Crippen molar-refractivity contribution in [1.82, 2.24) is 23.4 Å². The number of ether oxygens (including phenoxy) is 2. The van der Waals surface area contributed by atoms with E-state index in [1.807, 2.05) is 19.2 Å². The Labute approximate surface area is 289 Å². The molecule has 3 aromatic rings. The van der Waals surface area contributed by atoms with Crippen LogP contribution in [0, 0.1) is 0 Å². The number of amides is 2. The van der Waals surface area contributed by atoms with Crippen molar-refractivity contribution in [1.29, 1.82) is 0 Å². The lowest BCUT2D eigenvalue weighted by Crippen LogP contribution is -2.45. The standard InChI is InChI=1S/C35H50N6O7S/c1-37(18-19-38(2)35(43)44)21-26-22-41-30-20-25(34(42)36-49(45,46)39(3)23-31(47-5)48-6)16-17-27(30)32(24-12-8-7-9-13-24)33(41)28-14-10-11-15-29(28)40(26)4/h10-11,14-17,20,24,26,31H,7-9,12-13,18-19,21-23H2,1-6H3,(H,36,42)(H,43,44). The van der Waals surface area contributed by atoms with E-state index in [9.17, 15) is 23.1 Å². The number of benzene rings is 2. The molecule has 1 atom stereocenters. The second-order valence-corrected chi connectivity index (χ2v) is 15.1. The molecule has 0 spiro atoms. The number of carbonyl (C=O) groups excluding carboxylic acids is 1. The second kappa shape index (κ2) is 15.5. The van der Waals surface area contributed by atoms with E-state index in [-0.39, 0.29) is 18.2 Å². The van der Waals surface area contributed by atoms with Gasteiger partial charge in [-0.05, 0) is 49.6 Å². The number of fused-ring (bicyclic) bond motifs is 5. The predicted molar refractivity (Wildman–Crippen MR) is 190 cm³/mol. The van der Waals surface area contributed by atoms with Gasteiger partial charge in [0.1, 0.15) is 0 Å². The van der Waals surface area contributed by atoms with Crippen LogP contribution in [0.15, 0.2) is 42.5 Å². The van der Waals surface area contributed by atoms with Gasteiger partial charge in [-0.2, -0.15) is 12.7 Å². The highest BCUT2D eigenvalue weighted by Gasteiger charge is 2.34. The zero-order valence-corrected chi connectivity index (χ0v) is 30.2. The van der Waals surface area contributed by atoms with Crippen molar-refractivity contribution in [2.75, 3.05) is 73.5 Å². The molecule has 1 fully saturated rings. The monoisotopic (exact) mass is 698 g/mol. The van der Waals surface area contributed by atoms with Gasteiger partial charge in [-0.15, -0.1) is 0 Å². The second-order valence-electron chi connectivity index (χ2n) is 13.3. The van der Waals surface area contributed by atoms with Gasteiger partial charge in [0.2, 0.25) is 0 Å².